The molecule has 0 saturated heterocycles. The van der Waals surface area contributed by atoms with Crippen molar-refractivity contribution < 1.29 is 27.5 Å². The minimum Gasteiger partial charge on any atom is -0.497 e. The fraction of sp³-hybridized carbons (Fsp3) is 0.333. The molecule has 0 bridgehead atoms. The second-order valence-electron chi connectivity index (χ2n) is 9.86. The van der Waals surface area contributed by atoms with E-state index in [0.29, 0.717) is 28.6 Å². The second kappa shape index (κ2) is 14.2. The normalized spacial score (nSPS) is 12.0. The van der Waals surface area contributed by atoms with Gasteiger partial charge in [-0.05, 0) is 73.0 Å². The van der Waals surface area contributed by atoms with Crippen LogP contribution >= 0.6 is 11.6 Å². The van der Waals surface area contributed by atoms with Gasteiger partial charge in [-0.15, -0.1) is 0 Å². The molecule has 3 aromatic rings. The van der Waals surface area contributed by atoms with E-state index in [1.165, 1.54) is 49.5 Å². The van der Waals surface area contributed by atoms with E-state index in [9.17, 15) is 18.0 Å². The third-order valence-corrected chi connectivity index (χ3v) is 8.38. The van der Waals surface area contributed by atoms with E-state index in [1.807, 2.05) is 19.9 Å². The van der Waals surface area contributed by atoms with Gasteiger partial charge in [0.05, 0.1) is 24.8 Å². The summed E-state index contributed by atoms with van der Waals surface area (Å²) in [5.41, 5.74) is 0.924. The Hall–Kier alpha value is -3.76. The summed E-state index contributed by atoms with van der Waals surface area (Å²) in [7, 11) is -1.20. The van der Waals surface area contributed by atoms with Crippen molar-refractivity contribution in [3.05, 3.63) is 83.4 Å². The van der Waals surface area contributed by atoms with Crippen LogP contribution < -0.4 is 19.1 Å². The second-order valence-corrected chi connectivity index (χ2v) is 12.2. The van der Waals surface area contributed by atoms with E-state index in [1.54, 1.807) is 43.3 Å². The van der Waals surface area contributed by atoms with Crippen LogP contribution in [0.1, 0.15) is 26.3 Å². The highest BCUT2D eigenvalue weighted by atomic mass is 35.5. The van der Waals surface area contributed by atoms with Crippen molar-refractivity contribution in [2.45, 2.75) is 38.3 Å². The Morgan fingerprint density at radius 1 is 0.902 bits per heavy atom. The lowest BCUT2D eigenvalue weighted by molar-refractivity contribution is -0.139. The van der Waals surface area contributed by atoms with E-state index in [4.69, 9.17) is 21.1 Å². The van der Waals surface area contributed by atoms with Crippen LogP contribution in [0.2, 0.25) is 5.02 Å². The molecule has 11 heteroatoms. The van der Waals surface area contributed by atoms with Crippen LogP contribution in [-0.4, -0.2) is 58.5 Å². The van der Waals surface area contributed by atoms with E-state index in [0.717, 1.165) is 4.31 Å². The molecule has 9 nitrogen and oxygen atoms in total. The number of nitrogens with one attached hydrogen (secondary N) is 1. The quantitative estimate of drug-likeness (QED) is 0.303. The van der Waals surface area contributed by atoms with Crippen LogP contribution in [-0.2, 0) is 26.2 Å². The van der Waals surface area contributed by atoms with Gasteiger partial charge in [-0.2, -0.15) is 0 Å². The Balaban J connectivity index is 2.02. The molecule has 220 valence electrons. The van der Waals surface area contributed by atoms with Gasteiger partial charge in [-0.25, -0.2) is 8.42 Å². The smallest absolute Gasteiger partial charge is 0.264 e. The fourth-order valence-corrected chi connectivity index (χ4v) is 5.63. The third kappa shape index (κ3) is 8.37. The fourth-order valence-electron chi connectivity index (χ4n) is 4.04. The van der Waals surface area contributed by atoms with Gasteiger partial charge in [0.1, 0.15) is 24.1 Å². The number of carbonyl (C=O) groups is 2. The molecular formula is C30H36ClN3O6S. The van der Waals surface area contributed by atoms with Crippen LogP contribution in [0, 0.1) is 5.92 Å². The Kier molecular flexibility index (Phi) is 11.0. The van der Waals surface area contributed by atoms with Crippen molar-refractivity contribution in [3.8, 4) is 11.5 Å². The molecule has 0 spiro atoms. The van der Waals surface area contributed by atoms with Gasteiger partial charge in [0.25, 0.3) is 10.0 Å². The lowest BCUT2D eigenvalue weighted by atomic mass is 10.1. The summed E-state index contributed by atoms with van der Waals surface area (Å²) in [6.07, 6.45) is 0. The zero-order chi connectivity index (χ0) is 30.2. The minimum atomic E-state index is -4.22. The third-order valence-electron chi connectivity index (χ3n) is 6.36. The maximum absolute atomic E-state index is 14.0. The first-order valence-electron chi connectivity index (χ1n) is 13.1. The van der Waals surface area contributed by atoms with Gasteiger partial charge in [0.15, 0.2) is 0 Å². The van der Waals surface area contributed by atoms with Crippen LogP contribution in [0.25, 0.3) is 0 Å². The predicted octanol–water partition coefficient (Wildman–Crippen LogP) is 4.74. The molecule has 1 N–H and O–H groups in total. The Morgan fingerprint density at radius 2 is 1.56 bits per heavy atom. The van der Waals surface area contributed by atoms with Gasteiger partial charge in [0, 0.05) is 18.1 Å². The monoisotopic (exact) mass is 601 g/mol. The van der Waals surface area contributed by atoms with Crippen LogP contribution in [0.15, 0.2) is 77.7 Å². The highest BCUT2D eigenvalue weighted by molar-refractivity contribution is 7.92. The van der Waals surface area contributed by atoms with E-state index in [2.05, 4.69) is 5.32 Å². The first-order chi connectivity index (χ1) is 19.5. The summed E-state index contributed by atoms with van der Waals surface area (Å²) < 4.78 is 39.3. The Bertz CT molecular complexity index is 1450. The number of methoxy groups -OCH3 is 2. The largest absolute Gasteiger partial charge is 0.497 e. The summed E-state index contributed by atoms with van der Waals surface area (Å²) in [5, 5.41) is 3.17. The number of ether oxygens (including phenoxy) is 2. The topological polar surface area (TPSA) is 105 Å². The molecule has 3 rings (SSSR count). The van der Waals surface area contributed by atoms with Crippen molar-refractivity contribution in [3.63, 3.8) is 0 Å². The van der Waals surface area contributed by atoms with Gasteiger partial charge < -0.3 is 19.7 Å². The van der Waals surface area contributed by atoms with Gasteiger partial charge in [-0.3, -0.25) is 13.9 Å². The number of amides is 2. The van der Waals surface area contributed by atoms with Gasteiger partial charge >= 0.3 is 0 Å². The average Bonchev–Trinajstić information content (AvgIpc) is 2.96. The summed E-state index contributed by atoms with van der Waals surface area (Å²) in [4.78, 5) is 28.4. The van der Waals surface area contributed by atoms with Crippen LogP contribution in [0.3, 0.4) is 0 Å². The molecule has 3 aromatic carbocycles. The molecule has 0 radical (unpaired) electrons. The zero-order valence-corrected chi connectivity index (χ0v) is 25.4. The molecule has 1 atom stereocenters. The molecule has 0 saturated carbocycles. The number of carbonyl (C=O) groups excluding carboxylic acids is 2. The van der Waals surface area contributed by atoms with Gasteiger partial charge in [-0.1, -0.05) is 43.6 Å². The molecule has 1 unspecified atom stereocenters. The zero-order valence-electron chi connectivity index (χ0n) is 23.8. The predicted molar refractivity (Wildman–Crippen MR) is 160 cm³/mol. The lowest BCUT2D eigenvalue weighted by Crippen LogP contribution is -2.51. The first-order valence-corrected chi connectivity index (χ1v) is 14.9. The number of sulfonamides is 1. The Morgan fingerprint density at radius 3 is 2.17 bits per heavy atom. The molecule has 0 aliphatic heterocycles. The highest BCUT2D eigenvalue weighted by Gasteiger charge is 2.32. The minimum absolute atomic E-state index is 0.0341. The number of halogens is 1. The number of hydrogen-bond acceptors (Lipinski definition) is 6. The van der Waals surface area contributed by atoms with E-state index < -0.39 is 28.5 Å². The number of rotatable bonds is 13. The molecule has 0 aliphatic rings. The molecule has 0 aromatic heterocycles. The van der Waals surface area contributed by atoms with Gasteiger partial charge in [0.2, 0.25) is 11.8 Å². The van der Waals surface area contributed by atoms with Crippen LogP contribution in [0.4, 0.5) is 5.69 Å². The molecular weight excluding hydrogens is 566 g/mol. The van der Waals surface area contributed by atoms with Crippen molar-refractivity contribution >= 4 is 39.1 Å². The lowest BCUT2D eigenvalue weighted by Gasteiger charge is -2.32. The number of anilines is 1. The van der Waals surface area contributed by atoms with Crippen molar-refractivity contribution in [2.24, 2.45) is 5.92 Å². The molecule has 41 heavy (non-hydrogen) atoms. The number of nitrogens with zero attached hydrogens (tertiary/aromatic N) is 2. The summed E-state index contributed by atoms with van der Waals surface area (Å²) in [6.45, 7) is 5.48. The Labute approximate surface area is 247 Å². The van der Waals surface area contributed by atoms with Crippen LogP contribution in [0.5, 0.6) is 11.5 Å². The SMILES string of the molecule is COc1ccc(S(=O)(=O)N(CC(=O)N(Cc2cccc(OC)c2)C(C)C(=O)NCC(C)C)c2cccc(Cl)c2)cc1. The summed E-state index contributed by atoms with van der Waals surface area (Å²) in [6, 6.07) is 18.4. The van der Waals surface area contributed by atoms with E-state index in [-0.39, 0.29) is 29.0 Å². The number of hydrogen-bond donors (Lipinski definition) is 1. The standard InChI is InChI=1S/C30H36ClN3O6S/c1-21(2)18-32-30(36)22(3)33(19-23-8-6-11-27(16-23)40-5)29(35)20-34(25-10-7-9-24(31)17-25)41(37,38)28-14-12-26(39-4)13-15-28/h6-17,21-22H,18-20H2,1-5H3,(H,32,36). The van der Waals surface area contributed by atoms with Crippen molar-refractivity contribution in [1.29, 1.82) is 0 Å². The van der Waals surface area contributed by atoms with Crippen molar-refractivity contribution in [1.82, 2.24) is 10.2 Å². The van der Waals surface area contributed by atoms with E-state index >= 15 is 0 Å². The average molecular weight is 602 g/mol. The van der Waals surface area contributed by atoms with Crippen molar-refractivity contribution in [2.75, 3.05) is 31.6 Å². The molecule has 2 amide bonds. The molecule has 0 fully saturated rings. The highest BCUT2D eigenvalue weighted by Crippen LogP contribution is 2.28. The molecule has 0 heterocycles. The molecule has 0 aliphatic carbocycles. The first kappa shape index (κ1) is 31.8. The summed E-state index contributed by atoms with van der Waals surface area (Å²) in [5.74, 6) is 0.371. The number of benzene rings is 3. The maximum atomic E-state index is 14.0. The maximum Gasteiger partial charge on any atom is 0.264 e. The summed E-state index contributed by atoms with van der Waals surface area (Å²) >= 11 is 6.21.